The minimum atomic E-state index is 0.559. The Labute approximate surface area is 113 Å². The molecule has 18 heavy (non-hydrogen) atoms. The fraction of sp³-hybridized carbons (Fsp3) is 1.00. The molecule has 0 amide bonds. The molecule has 0 radical (unpaired) electrons. The van der Waals surface area contributed by atoms with Crippen molar-refractivity contribution in [3.05, 3.63) is 0 Å². The van der Waals surface area contributed by atoms with Gasteiger partial charge >= 0.3 is 0 Å². The van der Waals surface area contributed by atoms with Crippen LogP contribution in [0.4, 0.5) is 0 Å². The Morgan fingerprint density at radius 2 is 2.00 bits per heavy atom. The molecule has 2 rings (SSSR count). The number of hydrogen-bond donors (Lipinski definition) is 1. The standard InChI is InChI=1S/C15H31N3/c1-4-15(8-5-9-16-12-15)13-18-10-6-14(7-11-18)17(2)3/h14,16H,4-13H2,1-3H3. The highest BCUT2D eigenvalue weighted by Gasteiger charge is 2.33. The molecular formula is C15H31N3. The van der Waals surface area contributed by atoms with Crippen LogP contribution in [-0.2, 0) is 0 Å². The van der Waals surface area contributed by atoms with Crippen LogP contribution in [0.2, 0.25) is 0 Å². The highest BCUT2D eigenvalue weighted by molar-refractivity contribution is 4.89. The Hall–Kier alpha value is -0.120. The van der Waals surface area contributed by atoms with Gasteiger partial charge in [0.15, 0.2) is 0 Å². The molecule has 3 heteroatoms. The molecule has 2 aliphatic heterocycles. The second-order valence-corrected chi connectivity index (χ2v) is 6.60. The zero-order chi connectivity index (χ0) is 13.0. The lowest BCUT2D eigenvalue weighted by atomic mass is 9.77. The van der Waals surface area contributed by atoms with Crippen molar-refractivity contribution in [2.75, 3.05) is 46.8 Å². The Kier molecular flexibility index (Phi) is 5.05. The molecule has 1 atom stereocenters. The molecule has 2 fully saturated rings. The third-order valence-electron chi connectivity index (χ3n) is 5.16. The molecule has 0 saturated carbocycles. The summed E-state index contributed by atoms with van der Waals surface area (Å²) in [7, 11) is 4.44. The van der Waals surface area contributed by atoms with Gasteiger partial charge in [0.2, 0.25) is 0 Å². The van der Waals surface area contributed by atoms with Crippen molar-refractivity contribution >= 4 is 0 Å². The predicted octanol–water partition coefficient (Wildman–Crippen LogP) is 1.79. The molecular weight excluding hydrogens is 222 g/mol. The summed E-state index contributed by atoms with van der Waals surface area (Å²) in [5.74, 6) is 0. The van der Waals surface area contributed by atoms with E-state index in [2.05, 4.69) is 36.1 Å². The van der Waals surface area contributed by atoms with E-state index in [4.69, 9.17) is 0 Å². The van der Waals surface area contributed by atoms with Crippen molar-refractivity contribution in [1.82, 2.24) is 15.1 Å². The first kappa shape index (κ1) is 14.3. The zero-order valence-electron chi connectivity index (χ0n) is 12.5. The third-order valence-corrected chi connectivity index (χ3v) is 5.16. The number of likely N-dealkylation sites (tertiary alicyclic amines) is 1. The molecule has 0 aromatic carbocycles. The zero-order valence-corrected chi connectivity index (χ0v) is 12.5. The highest BCUT2D eigenvalue weighted by atomic mass is 15.2. The van der Waals surface area contributed by atoms with Crippen LogP contribution in [0.5, 0.6) is 0 Å². The van der Waals surface area contributed by atoms with Gasteiger partial charge in [-0.25, -0.2) is 0 Å². The molecule has 0 bridgehead atoms. The summed E-state index contributed by atoms with van der Waals surface area (Å²) in [5.41, 5.74) is 0.559. The van der Waals surface area contributed by atoms with E-state index in [1.165, 1.54) is 64.8 Å². The van der Waals surface area contributed by atoms with Gasteiger partial charge < -0.3 is 15.1 Å². The predicted molar refractivity (Wildman–Crippen MR) is 78.0 cm³/mol. The fourth-order valence-electron chi connectivity index (χ4n) is 3.65. The van der Waals surface area contributed by atoms with Crippen LogP contribution in [0.3, 0.4) is 0 Å². The number of nitrogens with one attached hydrogen (secondary N) is 1. The molecule has 106 valence electrons. The molecule has 3 nitrogen and oxygen atoms in total. The molecule has 0 aromatic rings. The monoisotopic (exact) mass is 253 g/mol. The number of nitrogens with zero attached hydrogens (tertiary/aromatic N) is 2. The highest BCUT2D eigenvalue weighted by Crippen LogP contribution is 2.32. The van der Waals surface area contributed by atoms with E-state index in [1.54, 1.807) is 0 Å². The third kappa shape index (κ3) is 3.46. The molecule has 2 heterocycles. The summed E-state index contributed by atoms with van der Waals surface area (Å²) in [6, 6.07) is 0.809. The van der Waals surface area contributed by atoms with Crippen molar-refractivity contribution in [3.8, 4) is 0 Å². The van der Waals surface area contributed by atoms with Crippen molar-refractivity contribution in [2.45, 2.75) is 45.1 Å². The minimum absolute atomic E-state index is 0.559. The van der Waals surface area contributed by atoms with Gasteiger partial charge in [-0.15, -0.1) is 0 Å². The van der Waals surface area contributed by atoms with Crippen LogP contribution in [0.25, 0.3) is 0 Å². The Bertz CT molecular complexity index is 238. The summed E-state index contributed by atoms with van der Waals surface area (Å²) < 4.78 is 0. The molecule has 0 aromatic heterocycles. The SMILES string of the molecule is CCC1(CN2CCC(N(C)C)CC2)CCCNC1. The topological polar surface area (TPSA) is 18.5 Å². The van der Waals surface area contributed by atoms with Gasteiger partial charge in [0.1, 0.15) is 0 Å². The quantitative estimate of drug-likeness (QED) is 0.824. The van der Waals surface area contributed by atoms with Crippen LogP contribution in [-0.4, -0.2) is 62.7 Å². The van der Waals surface area contributed by atoms with Gasteiger partial charge in [-0.05, 0) is 71.2 Å². The van der Waals surface area contributed by atoms with E-state index in [0.717, 1.165) is 6.04 Å². The van der Waals surface area contributed by atoms with Crippen molar-refractivity contribution in [2.24, 2.45) is 5.41 Å². The van der Waals surface area contributed by atoms with Crippen molar-refractivity contribution < 1.29 is 0 Å². The smallest absolute Gasteiger partial charge is 0.0113 e. The van der Waals surface area contributed by atoms with Gasteiger partial charge in [-0.2, -0.15) is 0 Å². The van der Waals surface area contributed by atoms with Crippen LogP contribution < -0.4 is 5.32 Å². The van der Waals surface area contributed by atoms with Crippen LogP contribution >= 0.6 is 0 Å². The summed E-state index contributed by atoms with van der Waals surface area (Å²) in [5, 5.41) is 3.61. The number of hydrogen-bond acceptors (Lipinski definition) is 3. The first-order valence-corrected chi connectivity index (χ1v) is 7.75. The summed E-state index contributed by atoms with van der Waals surface area (Å²) in [6.07, 6.45) is 6.81. The molecule has 2 aliphatic rings. The molecule has 2 saturated heterocycles. The number of rotatable bonds is 4. The summed E-state index contributed by atoms with van der Waals surface area (Å²) in [6.45, 7) is 8.74. The van der Waals surface area contributed by atoms with Crippen LogP contribution in [0, 0.1) is 5.41 Å². The Balaban J connectivity index is 1.82. The molecule has 0 aliphatic carbocycles. The van der Waals surface area contributed by atoms with E-state index < -0.39 is 0 Å². The van der Waals surface area contributed by atoms with E-state index in [-0.39, 0.29) is 0 Å². The van der Waals surface area contributed by atoms with E-state index in [1.807, 2.05) is 0 Å². The molecule has 1 N–H and O–H groups in total. The Morgan fingerprint density at radius 1 is 1.28 bits per heavy atom. The summed E-state index contributed by atoms with van der Waals surface area (Å²) >= 11 is 0. The fourth-order valence-corrected chi connectivity index (χ4v) is 3.65. The van der Waals surface area contributed by atoms with Crippen LogP contribution in [0.15, 0.2) is 0 Å². The second-order valence-electron chi connectivity index (χ2n) is 6.60. The lowest BCUT2D eigenvalue weighted by Gasteiger charge is -2.43. The minimum Gasteiger partial charge on any atom is -0.316 e. The first-order chi connectivity index (χ1) is 8.65. The van der Waals surface area contributed by atoms with Crippen LogP contribution in [0.1, 0.15) is 39.0 Å². The lowest BCUT2D eigenvalue weighted by Crippen LogP contribution is -2.50. The average molecular weight is 253 g/mol. The van der Waals surface area contributed by atoms with Gasteiger partial charge in [-0.3, -0.25) is 0 Å². The summed E-state index contributed by atoms with van der Waals surface area (Å²) in [4.78, 5) is 5.12. The van der Waals surface area contributed by atoms with Crippen molar-refractivity contribution in [1.29, 1.82) is 0 Å². The normalized spacial score (nSPS) is 32.0. The van der Waals surface area contributed by atoms with E-state index >= 15 is 0 Å². The molecule has 1 unspecified atom stereocenters. The van der Waals surface area contributed by atoms with E-state index in [9.17, 15) is 0 Å². The Morgan fingerprint density at radius 3 is 2.50 bits per heavy atom. The van der Waals surface area contributed by atoms with Crippen molar-refractivity contribution in [3.63, 3.8) is 0 Å². The first-order valence-electron chi connectivity index (χ1n) is 7.75. The maximum atomic E-state index is 3.61. The molecule has 0 spiro atoms. The largest absolute Gasteiger partial charge is 0.316 e. The average Bonchev–Trinajstić information content (AvgIpc) is 2.40. The van der Waals surface area contributed by atoms with Gasteiger partial charge in [-0.1, -0.05) is 6.92 Å². The van der Waals surface area contributed by atoms with Gasteiger partial charge in [0.25, 0.3) is 0 Å². The lowest BCUT2D eigenvalue weighted by molar-refractivity contribution is 0.0749. The van der Waals surface area contributed by atoms with Gasteiger partial charge in [0, 0.05) is 19.1 Å². The van der Waals surface area contributed by atoms with Gasteiger partial charge in [0.05, 0.1) is 0 Å². The maximum absolute atomic E-state index is 3.61. The maximum Gasteiger partial charge on any atom is 0.0113 e. The number of piperidine rings is 2. The second kappa shape index (κ2) is 6.36. The van der Waals surface area contributed by atoms with E-state index in [0.29, 0.717) is 5.41 Å².